The fraction of sp³-hybridized carbons (Fsp3) is 0.200. The van der Waals surface area contributed by atoms with Crippen molar-refractivity contribution in [1.29, 1.82) is 0 Å². The molecule has 0 radical (unpaired) electrons. The zero-order valence-corrected chi connectivity index (χ0v) is 13.6. The van der Waals surface area contributed by atoms with Crippen LogP contribution in [0.1, 0.15) is 13.8 Å². The molecule has 0 heterocycles. The van der Waals surface area contributed by atoms with Crippen molar-refractivity contribution in [2.24, 2.45) is 0 Å². The molecule has 3 N–H and O–H groups in total. The monoisotopic (exact) mass is 360 g/mol. The van der Waals surface area contributed by atoms with E-state index in [0.717, 1.165) is 0 Å². The third kappa shape index (κ3) is 5.74. The number of amides is 2. The number of carbonyl (C=O) groups excluding carboxylic acids is 2. The molecule has 5 nitrogen and oxygen atoms in total. The molecule has 1 rings (SSSR count). The minimum atomic E-state index is -4.44. The quantitative estimate of drug-likeness (QED) is 0.246. The Balaban J connectivity index is 2.98. The summed E-state index contributed by atoms with van der Waals surface area (Å²) >= 11 is -0.299. The lowest BCUT2D eigenvalue weighted by Crippen LogP contribution is -2.26. The van der Waals surface area contributed by atoms with Crippen molar-refractivity contribution in [3.05, 3.63) is 47.6 Å². The number of alkyl halides is 3. The standard InChI is InChI=1S/C15H15F3N2O3S/c1-3-11(12(4-2)14(22)20-23)13(21)19-9-6-5-7-10(8-9)24-15(16,17)18/h3-8,23H,1-2H3,(H,19,21)(H,20,22)/b11-3+,12-4+. The van der Waals surface area contributed by atoms with E-state index in [4.69, 9.17) is 5.21 Å². The highest BCUT2D eigenvalue weighted by Crippen LogP contribution is 2.37. The number of hydroxylamine groups is 1. The lowest BCUT2D eigenvalue weighted by molar-refractivity contribution is -0.125. The second-order valence-electron chi connectivity index (χ2n) is 4.38. The molecule has 0 atom stereocenters. The molecule has 0 fully saturated rings. The molecule has 0 aromatic heterocycles. The van der Waals surface area contributed by atoms with Gasteiger partial charge in [0.25, 0.3) is 11.8 Å². The molecule has 1 aromatic carbocycles. The van der Waals surface area contributed by atoms with E-state index in [9.17, 15) is 22.8 Å². The largest absolute Gasteiger partial charge is 0.446 e. The molecular weight excluding hydrogens is 345 g/mol. The van der Waals surface area contributed by atoms with Crippen molar-refractivity contribution in [3.8, 4) is 0 Å². The Kier molecular flexibility index (Phi) is 7.05. The Labute approximate surface area is 140 Å². The van der Waals surface area contributed by atoms with Crippen LogP contribution in [0.5, 0.6) is 0 Å². The first-order valence-electron chi connectivity index (χ1n) is 6.66. The normalized spacial score (nSPS) is 12.8. The highest BCUT2D eigenvalue weighted by atomic mass is 32.2. The Morgan fingerprint density at radius 1 is 1.12 bits per heavy atom. The van der Waals surface area contributed by atoms with Crippen LogP contribution in [0, 0.1) is 0 Å². The second-order valence-corrected chi connectivity index (χ2v) is 5.51. The van der Waals surface area contributed by atoms with Crippen LogP contribution < -0.4 is 10.8 Å². The molecule has 0 aliphatic carbocycles. The Bertz CT molecular complexity index is 685. The van der Waals surface area contributed by atoms with E-state index in [2.05, 4.69) is 5.32 Å². The third-order valence-electron chi connectivity index (χ3n) is 2.78. The van der Waals surface area contributed by atoms with Crippen LogP contribution >= 0.6 is 11.8 Å². The number of hydrogen-bond donors (Lipinski definition) is 3. The molecule has 0 aliphatic rings. The number of carbonyl (C=O) groups is 2. The van der Waals surface area contributed by atoms with Gasteiger partial charge in [0, 0.05) is 21.7 Å². The van der Waals surface area contributed by atoms with E-state index in [0.29, 0.717) is 0 Å². The number of thioether (sulfide) groups is 1. The van der Waals surface area contributed by atoms with Gasteiger partial charge in [0.05, 0.1) is 0 Å². The Morgan fingerprint density at radius 3 is 2.21 bits per heavy atom. The van der Waals surface area contributed by atoms with Crippen LogP contribution in [0.4, 0.5) is 18.9 Å². The molecule has 130 valence electrons. The average Bonchev–Trinajstić information content (AvgIpc) is 2.50. The number of rotatable bonds is 5. The van der Waals surface area contributed by atoms with Crippen molar-refractivity contribution < 1.29 is 28.0 Å². The van der Waals surface area contributed by atoms with Crippen molar-refractivity contribution >= 4 is 29.3 Å². The van der Waals surface area contributed by atoms with Crippen LogP contribution in [0.15, 0.2) is 52.5 Å². The van der Waals surface area contributed by atoms with E-state index in [1.807, 2.05) is 0 Å². The Morgan fingerprint density at radius 2 is 1.71 bits per heavy atom. The SMILES string of the molecule is C/C=C(C(=O)NO)\C(=C/C)C(=O)Nc1cccc(SC(F)(F)F)c1. The summed E-state index contributed by atoms with van der Waals surface area (Å²) in [5.41, 5.74) is -2.96. The van der Waals surface area contributed by atoms with Crippen molar-refractivity contribution in [2.75, 3.05) is 5.32 Å². The van der Waals surface area contributed by atoms with E-state index >= 15 is 0 Å². The first-order chi connectivity index (χ1) is 11.2. The minimum absolute atomic E-state index is 0.0297. The van der Waals surface area contributed by atoms with E-state index < -0.39 is 17.3 Å². The van der Waals surface area contributed by atoms with Gasteiger partial charge in [-0.05, 0) is 43.8 Å². The fourth-order valence-corrected chi connectivity index (χ4v) is 2.45. The Hall–Kier alpha value is -2.26. The van der Waals surface area contributed by atoms with Gasteiger partial charge < -0.3 is 5.32 Å². The first kappa shape index (κ1) is 19.8. The van der Waals surface area contributed by atoms with Gasteiger partial charge in [-0.3, -0.25) is 14.8 Å². The van der Waals surface area contributed by atoms with Crippen LogP contribution in [0.2, 0.25) is 0 Å². The van der Waals surface area contributed by atoms with Gasteiger partial charge in [-0.15, -0.1) is 0 Å². The van der Waals surface area contributed by atoms with E-state index in [1.54, 1.807) is 0 Å². The number of nitrogens with one attached hydrogen (secondary N) is 2. The summed E-state index contributed by atoms with van der Waals surface area (Å²) < 4.78 is 37.2. The molecule has 0 saturated carbocycles. The lowest BCUT2D eigenvalue weighted by Gasteiger charge is -2.12. The molecule has 1 aromatic rings. The van der Waals surface area contributed by atoms with Crippen LogP contribution in [-0.4, -0.2) is 22.5 Å². The minimum Gasteiger partial charge on any atom is -0.322 e. The van der Waals surface area contributed by atoms with Gasteiger partial charge in [0.1, 0.15) is 0 Å². The van der Waals surface area contributed by atoms with Gasteiger partial charge in [-0.1, -0.05) is 18.2 Å². The van der Waals surface area contributed by atoms with Gasteiger partial charge in [-0.25, -0.2) is 5.48 Å². The maximum absolute atomic E-state index is 12.4. The highest BCUT2D eigenvalue weighted by molar-refractivity contribution is 8.00. The average molecular weight is 360 g/mol. The van der Waals surface area contributed by atoms with Crippen LogP contribution in [0.25, 0.3) is 0 Å². The summed E-state index contributed by atoms with van der Waals surface area (Å²) in [7, 11) is 0. The smallest absolute Gasteiger partial charge is 0.322 e. The highest BCUT2D eigenvalue weighted by Gasteiger charge is 2.29. The number of allylic oxidation sites excluding steroid dienone is 2. The van der Waals surface area contributed by atoms with Crippen molar-refractivity contribution in [2.45, 2.75) is 24.3 Å². The molecule has 24 heavy (non-hydrogen) atoms. The summed E-state index contributed by atoms with van der Waals surface area (Å²) in [5.74, 6) is -1.56. The summed E-state index contributed by atoms with van der Waals surface area (Å²) in [5, 5.41) is 11.1. The van der Waals surface area contributed by atoms with Crippen LogP contribution in [-0.2, 0) is 9.59 Å². The van der Waals surface area contributed by atoms with Gasteiger partial charge in [-0.2, -0.15) is 13.2 Å². The summed E-state index contributed by atoms with van der Waals surface area (Å²) in [6.07, 6.45) is 2.69. The number of halogens is 3. The van der Waals surface area contributed by atoms with E-state index in [-0.39, 0.29) is 33.5 Å². The van der Waals surface area contributed by atoms with Crippen molar-refractivity contribution in [1.82, 2.24) is 5.48 Å². The van der Waals surface area contributed by atoms with Crippen LogP contribution in [0.3, 0.4) is 0 Å². The fourth-order valence-electron chi connectivity index (χ4n) is 1.85. The molecule has 0 aliphatic heterocycles. The molecule has 0 saturated heterocycles. The van der Waals surface area contributed by atoms with E-state index in [1.165, 1.54) is 55.7 Å². The molecule has 0 bridgehead atoms. The maximum Gasteiger partial charge on any atom is 0.446 e. The number of benzene rings is 1. The van der Waals surface area contributed by atoms with Gasteiger partial charge in [0.15, 0.2) is 0 Å². The summed E-state index contributed by atoms with van der Waals surface area (Å²) in [6.45, 7) is 3.01. The second kappa shape index (κ2) is 8.55. The summed E-state index contributed by atoms with van der Waals surface area (Å²) in [6, 6.07) is 5.23. The van der Waals surface area contributed by atoms with Crippen molar-refractivity contribution in [3.63, 3.8) is 0 Å². The zero-order valence-electron chi connectivity index (χ0n) is 12.8. The molecule has 0 unspecified atom stereocenters. The first-order valence-corrected chi connectivity index (χ1v) is 7.48. The topological polar surface area (TPSA) is 78.4 Å². The predicted molar refractivity (Wildman–Crippen MR) is 84.4 cm³/mol. The molecule has 9 heteroatoms. The predicted octanol–water partition coefficient (Wildman–Crippen LogP) is 3.64. The maximum atomic E-state index is 12.4. The third-order valence-corrected chi connectivity index (χ3v) is 3.50. The number of hydrogen-bond acceptors (Lipinski definition) is 4. The zero-order chi connectivity index (χ0) is 18.3. The summed E-state index contributed by atoms with van der Waals surface area (Å²) in [4.78, 5) is 23.7. The van der Waals surface area contributed by atoms with Gasteiger partial charge in [0.2, 0.25) is 0 Å². The molecular formula is C15H15F3N2O3S. The molecule has 0 spiro atoms. The number of anilines is 1. The lowest BCUT2D eigenvalue weighted by atomic mass is 10.0. The molecule has 2 amide bonds. The van der Waals surface area contributed by atoms with Gasteiger partial charge >= 0.3 is 5.51 Å².